The normalized spacial score (nSPS) is 29.5. The number of halogens is 1. The van der Waals surface area contributed by atoms with Crippen LogP contribution in [0.1, 0.15) is 20.3 Å². The summed E-state index contributed by atoms with van der Waals surface area (Å²) in [6.07, 6.45) is 2.86. The highest BCUT2D eigenvalue weighted by Crippen LogP contribution is 2.61. The van der Waals surface area contributed by atoms with Crippen molar-refractivity contribution in [2.75, 3.05) is 24.7 Å². The Morgan fingerprint density at radius 3 is 2.60 bits per heavy atom. The van der Waals surface area contributed by atoms with Crippen molar-refractivity contribution in [1.82, 2.24) is 4.90 Å². The SMILES string of the molecule is C=CCOC(=O)[C@H]1[C@H]2C(=O)N([C@@H](CO)C(C)C)C(C(=O)N(CC=C)c3ccc4ccccc4c3)C23CC(Br)[C@@H]1O3. The van der Waals surface area contributed by atoms with E-state index in [2.05, 4.69) is 29.1 Å². The Hall–Kier alpha value is -3.01. The highest BCUT2D eigenvalue weighted by Gasteiger charge is 2.77. The number of alkyl halides is 1. The van der Waals surface area contributed by atoms with Gasteiger partial charge in [0.15, 0.2) is 0 Å². The molecule has 1 spiro atoms. The molecule has 8 nitrogen and oxygen atoms in total. The summed E-state index contributed by atoms with van der Waals surface area (Å²) in [6.45, 7) is 11.2. The van der Waals surface area contributed by atoms with Gasteiger partial charge in [-0.25, -0.2) is 0 Å². The van der Waals surface area contributed by atoms with Crippen LogP contribution in [0.3, 0.4) is 0 Å². The van der Waals surface area contributed by atoms with Crippen LogP contribution in [0, 0.1) is 17.8 Å². The minimum Gasteiger partial charge on any atom is -0.461 e. The van der Waals surface area contributed by atoms with E-state index in [1.807, 2.05) is 56.3 Å². The number of esters is 1. The van der Waals surface area contributed by atoms with Crippen LogP contribution in [0.15, 0.2) is 67.8 Å². The number of nitrogens with zero attached hydrogens (tertiary/aromatic N) is 2. The fourth-order valence-electron chi connectivity index (χ4n) is 6.77. The van der Waals surface area contributed by atoms with Crippen LogP contribution >= 0.6 is 15.9 Å². The first-order chi connectivity index (χ1) is 19.2. The second kappa shape index (κ2) is 11.1. The molecular formula is C31H35BrN2O6. The van der Waals surface area contributed by atoms with Crippen LogP contribution in [-0.2, 0) is 23.9 Å². The fourth-order valence-corrected chi connectivity index (χ4v) is 7.72. The number of benzene rings is 2. The van der Waals surface area contributed by atoms with Gasteiger partial charge in [0.25, 0.3) is 5.91 Å². The summed E-state index contributed by atoms with van der Waals surface area (Å²) < 4.78 is 12.0. The van der Waals surface area contributed by atoms with Crippen LogP contribution < -0.4 is 4.90 Å². The van der Waals surface area contributed by atoms with E-state index in [1.54, 1.807) is 11.0 Å². The van der Waals surface area contributed by atoms with Gasteiger partial charge in [-0.15, -0.1) is 6.58 Å². The number of carbonyl (C=O) groups excluding carboxylic acids is 3. The number of ether oxygens (including phenoxy) is 2. The predicted molar refractivity (Wildman–Crippen MR) is 156 cm³/mol. The summed E-state index contributed by atoms with van der Waals surface area (Å²) in [5.41, 5.74) is -0.602. The summed E-state index contributed by atoms with van der Waals surface area (Å²) >= 11 is 3.67. The van der Waals surface area contributed by atoms with E-state index < -0.39 is 41.6 Å². The number of rotatable bonds is 10. The van der Waals surface area contributed by atoms with Crippen molar-refractivity contribution >= 4 is 50.2 Å². The summed E-state index contributed by atoms with van der Waals surface area (Å²) in [4.78, 5) is 45.1. The first kappa shape index (κ1) is 28.5. The molecule has 2 aromatic carbocycles. The van der Waals surface area contributed by atoms with Gasteiger partial charge in [-0.3, -0.25) is 14.4 Å². The van der Waals surface area contributed by atoms with Crippen LogP contribution in [0.25, 0.3) is 10.8 Å². The minimum absolute atomic E-state index is 0.00925. The lowest BCUT2D eigenvalue weighted by atomic mass is 9.70. The van der Waals surface area contributed by atoms with Crippen molar-refractivity contribution in [2.45, 2.75) is 48.9 Å². The van der Waals surface area contributed by atoms with Crippen molar-refractivity contribution in [2.24, 2.45) is 17.8 Å². The van der Waals surface area contributed by atoms with Crippen LogP contribution in [0.5, 0.6) is 0 Å². The second-order valence-electron chi connectivity index (χ2n) is 11.1. The van der Waals surface area contributed by atoms with Crippen molar-refractivity contribution in [3.8, 4) is 0 Å². The molecule has 0 radical (unpaired) electrons. The maximum Gasteiger partial charge on any atom is 0.312 e. The number of likely N-dealkylation sites (tertiary alicyclic amines) is 1. The molecular weight excluding hydrogens is 576 g/mol. The van der Waals surface area contributed by atoms with E-state index >= 15 is 0 Å². The lowest BCUT2D eigenvalue weighted by Gasteiger charge is -2.40. The Bertz CT molecular complexity index is 1350. The number of carbonyl (C=O) groups is 3. The van der Waals surface area contributed by atoms with Gasteiger partial charge in [-0.1, -0.05) is 78.8 Å². The molecule has 3 saturated heterocycles. The van der Waals surface area contributed by atoms with Crippen molar-refractivity contribution in [3.63, 3.8) is 0 Å². The third-order valence-electron chi connectivity index (χ3n) is 8.51. The molecule has 3 aliphatic rings. The first-order valence-electron chi connectivity index (χ1n) is 13.6. The van der Waals surface area contributed by atoms with Crippen molar-refractivity contribution < 1.29 is 29.0 Å². The van der Waals surface area contributed by atoms with Crippen LogP contribution in [0.2, 0.25) is 0 Å². The van der Waals surface area contributed by atoms with E-state index in [0.717, 1.165) is 10.8 Å². The van der Waals surface area contributed by atoms with Gasteiger partial charge in [-0.05, 0) is 35.2 Å². The van der Waals surface area contributed by atoms with Gasteiger partial charge in [0.1, 0.15) is 18.2 Å². The fraction of sp³-hybridized carbons (Fsp3) is 0.452. The molecule has 0 aromatic heterocycles. The molecule has 3 heterocycles. The molecule has 2 bridgehead atoms. The Labute approximate surface area is 242 Å². The highest BCUT2D eigenvalue weighted by molar-refractivity contribution is 9.09. The third kappa shape index (κ3) is 4.39. The lowest BCUT2D eigenvalue weighted by molar-refractivity contribution is -0.155. The second-order valence-corrected chi connectivity index (χ2v) is 12.3. The number of hydrogen-bond acceptors (Lipinski definition) is 6. The zero-order valence-electron chi connectivity index (χ0n) is 22.7. The average molecular weight is 612 g/mol. The molecule has 3 unspecified atom stereocenters. The number of aliphatic hydroxyl groups is 1. The van der Waals surface area contributed by atoms with Gasteiger partial charge in [0.2, 0.25) is 5.91 Å². The highest BCUT2D eigenvalue weighted by atomic mass is 79.9. The molecule has 2 amide bonds. The Morgan fingerprint density at radius 2 is 1.95 bits per heavy atom. The Balaban J connectivity index is 1.63. The number of aliphatic hydroxyl groups excluding tert-OH is 1. The summed E-state index contributed by atoms with van der Waals surface area (Å²) in [6, 6.07) is 11.9. The maximum atomic E-state index is 14.7. The molecule has 0 saturated carbocycles. The Morgan fingerprint density at radius 1 is 1.23 bits per heavy atom. The maximum absolute atomic E-state index is 14.7. The molecule has 5 rings (SSSR count). The number of amides is 2. The van der Waals surface area contributed by atoms with E-state index in [9.17, 15) is 19.5 Å². The van der Waals surface area contributed by atoms with E-state index in [4.69, 9.17) is 9.47 Å². The van der Waals surface area contributed by atoms with E-state index in [-0.39, 0.29) is 42.3 Å². The first-order valence-corrected chi connectivity index (χ1v) is 14.5. The van der Waals surface area contributed by atoms with E-state index in [0.29, 0.717) is 12.1 Å². The largest absolute Gasteiger partial charge is 0.461 e. The van der Waals surface area contributed by atoms with Gasteiger partial charge in [-0.2, -0.15) is 0 Å². The van der Waals surface area contributed by atoms with Crippen molar-refractivity contribution in [1.29, 1.82) is 0 Å². The molecule has 1 N–H and O–H groups in total. The van der Waals surface area contributed by atoms with Crippen LogP contribution in [0.4, 0.5) is 5.69 Å². The topological polar surface area (TPSA) is 96.4 Å². The van der Waals surface area contributed by atoms with Gasteiger partial charge < -0.3 is 24.4 Å². The molecule has 212 valence electrons. The quantitative estimate of drug-likeness (QED) is 0.249. The number of hydrogen-bond donors (Lipinski definition) is 1. The smallest absolute Gasteiger partial charge is 0.312 e. The summed E-state index contributed by atoms with van der Waals surface area (Å²) in [7, 11) is 0. The molecule has 9 heteroatoms. The van der Waals surface area contributed by atoms with Gasteiger partial charge in [0, 0.05) is 17.1 Å². The lowest BCUT2D eigenvalue weighted by Crippen LogP contribution is -2.60. The zero-order chi connectivity index (χ0) is 28.8. The van der Waals surface area contributed by atoms with Crippen LogP contribution in [-0.4, -0.2) is 76.2 Å². The zero-order valence-corrected chi connectivity index (χ0v) is 24.3. The summed E-state index contributed by atoms with van der Waals surface area (Å²) in [5, 5.41) is 12.4. The average Bonchev–Trinajstić information content (AvgIpc) is 3.53. The van der Waals surface area contributed by atoms with Crippen molar-refractivity contribution in [3.05, 3.63) is 67.8 Å². The third-order valence-corrected chi connectivity index (χ3v) is 9.36. The predicted octanol–water partition coefficient (Wildman–Crippen LogP) is 3.85. The molecule has 3 fully saturated rings. The minimum atomic E-state index is -1.26. The standard InChI is InChI=1S/C31H35BrN2O6/c1-5-13-33(21-12-11-19-9-7-8-10-20(19)15-21)29(37)27-31-16-22(32)26(40-31)24(30(38)39-14-6-2)25(31)28(36)34(27)23(17-35)18(3)4/h5-12,15,18,22-27,35H,1-2,13-14,16-17H2,3-4H3/t22?,23-,24-,25-,26-,27?,31?/m0/s1. The Kier molecular flexibility index (Phi) is 7.92. The molecule has 0 aliphatic carbocycles. The molecule has 7 atom stereocenters. The van der Waals surface area contributed by atoms with Gasteiger partial charge in [0.05, 0.1) is 30.6 Å². The number of fused-ring (bicyclic) bond motifs is 2. The molecule has 3 aliphatic heterocycles. The molecule has 2 aromatic rings. The van der Waals surface area contributed by atoms with E-state index in [1.165, 1.54) is 11.0 Å². The number of anilines is 1. The van der Waals surface area contributed by atoms with Gasteiger partial charge >= 0.3 is 5.97 Å². The summed E-state index contributed by atoms with van der Waals surface area (Å²) in [5.74, 6) is -3.21. The molecule has 40 heavy (non-hydrogen) atoms. The monoisotopic (exact) mass is 610 g/mol.